The molecule has 6 amide bonds. The van der Waals surface area contributed by atoms with E-state index in [1.807, 2.05) is 27.0 Å². The Morgan fingerprint density at radius 1 is 0.362 bits per heavy atom. The molecule has 141 heavy (non-hydrogen) atoms. The third-order valence-electron chi connectivity index (χ3n) is 22.8. The smallest absolute Gasteiger partial charge is 0.373 e. The molecule has 3 aromatic rings. The number of carbonyl (C=O) groups excluding carboxylic acids is 19. The Hall–Kier alpha value is -11.1. The lowest BCUT2D eigenvalue weighted by Crippen LogP contribution is -2.53. The summed E-state index contributed by atoms with van der Waals surface area (Å²) in [6.07, 6.45) is 34.3. The second-order valence-corrected chi connectivity index (χ2v) is 42.7. The number of nitrogens with zero attached hydrogens (tertiary/aromatic N) is 9. The van der Waals surface area contributed by atoms with Gasteiger partial charge in [0.05, 0.1) is 25.5 Å². The number of esters is 3. The molecule has 0 aliphatic heterocycles. The number of unbranched alkanes of at least 4 members (excludes halogenated alkanes) is 20. The first-order chi connectivity index (χ1) is 66.3. The number of ketones is 6. The minimum atomic E-state index is -1.06. The quantitative estimate of drug-likeness (QED) is 0.00581. The molecule has 2 heterocycles. The van der Waals surface area contributed by atoms with Gasteiger partial charge in [-0.05, 0) is 237 Å². The van der Waals surface area contributed by atoms with E-state index in [2.05, 4.69) is 104 Å². The molecule has 4 atom stereocenters. The zero-order valence-electron chi connectivity index (χ0n) is 88.1. The summed E-state index contributed by atoms with van der Waals surface area (Å²) in [5.74, 6) is -1.10. The van der Waals surface area contributed by atoms with E-state index in [1.54, 1.807) is 83.9 Å². The number of carbonyl (C=O) groups is 13. The molecule has 37 heteroatoms. The summed E-state index contributed by atoms with van der Waals surface area (Å²) in [6.45, 7) is 36.5. The molecule has 1 aromatic carbocycles. The van der Waals surface area contributed by atoms with Crippen molar-refractivity contribution in [1.29, 1.82) is 0 Å². The molecule has 0 bridgehead atoms. The van der Waals surface area contributed by atoms with Crippen LogP contribution in [-0.2, 0) is 112 Å². The van der Waals surface area contributed by atoms with Gasteiger partial charge in [-0.25, -0.2) is 19.2 Å². The van der Waals surface area contributed by atoms with Crippen molar-refractivity contribution in [2.24, 2.45) is 21.4 Å². The number of amides is 6. The molecule has 792 valence electrons. The Balaban J connectivity index is 0.0000209. The molecular formula is C104H169N15O22. The summed E-state index contributed by atoms with van der Waals surface area (Å²) in [5.41, 5.74) is 8.76. The average Bonchev–Trinajstić information content (AvgIpc) is 1.37. The summed E-state index contributed by atoms with van der Waals surface area (Å²) in [6, 6.07) is 1.48. The SMILES string of the molecule is CC(C)(C)CC[C@H](NC(=O)N[C@@H](CCCCn1cc(CNC(=O)CCCCCCC(=O)CCCCCCC(=O)CCCCCCC(=O)c2cc(N=[N+]=[N-])cc(C(=O)CCCCCCC(=O)CCCCCCC(=O)CCCCCCC(=O)NCc3cn(CCCC[C@H](NC(=O)N[C@@H](CCC(=O)OC(C)(C)C)C(=O)OC(C)(C)C)C(C)(C)C)nn3)c2)nn1)C(=O)OC(C)(C)C)C(C)(C)C.O=C=O.O=C=O.O=C=O. The highest BCUT2D eigenvalue weighted by molar-refractivity contribution is 6.02. The van der Waals surface area contributed by atoms with Gasteiger partial charge in [-0.15, -0.1) is 10.2 Å². The molecule has 6 N–H and O–H groups in total. The molecule has 0 radical (unpaired) electrons. The van der Waals surface area contributed by atoms with Crippen LogP contribution in [-0.4, -0.2) is 166 Å². The maximum Gasteiger partial charge on any atom is 0.373 e. The van der Waals surface area contributed by atoms with Gasteiger partial charge in [-0.2, -0.15) is 28.8 Å². The fourth-order valence-electron chi connectivity index (χ4n) is 15.2. The summed E-state index contributed by atoms with van der Waals surface area (Å²) >= 11 is 0. The maximum atomic E-state index is 13.3. The van der Waals surface area contributed by atoms with E-state index in [1.165, 1.54) is 12.1 Å². The van der Waals surface area contributed by atoms with Crippen LogP contribution in [0.25, 0.3) is 10.4 Å². The first-order valence-electron chi connectivity index (χ1n) is 50.7. The Labute approximate surface area is 835 Å². The van der Waals surface area contributed by atoms with Gasteiger partial charge < -0.3 is 46.1 Å². The highest BCUT2D eigenvalue weighted by Gasteiger charge is 2.34. The molecule has 0 unspecified atom stereocenters. The lowest BCUT2D eigenvalue weighted by Gasteiger charge is -2.34. The van der Waals surface area contributed by atoms with Crippen LogP contribution in [0.1, 0.15) is 452 Å². The molecule has 0 aliphatic rings. The second kappa shape index (κ2) is 73.0. The van der Waals surface area contributed by atoms with Gasteiger partial charge >= 0.3 is 48.4 Å². The lowest BCUT2D eigenvalue weighted by molar-refractivity contribution is -0.193. The number of rotatable bonds is 70. The van der Waals surface area contributed by atoms with Crippen molar-refractivity contribution < 1.29 is 105 Å². The monoisotopic (exact) mass is 1980 g/mol. The largest absolute Gasteiger partial charge is 0.460 e. The van der Waals surface area contributed by atoms with Crippen LogP contribution in [0.3, 0.4) is 0 Å². The van der Waals surface area contributed by atoms with Crippen LogP contribution in [0, 0.1) is 16.2 Å². The number of ether oxygens (including phenoxy) is 3. The number of urea groups is 2. The minimum Gasteiger partial charge on any atom is -0.460 e. The van der Waals surface area contributed by atoms with E-state index < -0.39 is 58.9 Å². The highest BCUT2D eigenvalue weighted by Crippen LogP contribution is 2.31. The van der Waals surface area contributed by atoms with Crippen LogP contribution < -0.4 is 31.9 Å². The van der Waals surface area contributed by atoms with E-state index in [4.69, 9.17) is 43.0 Å². The molecule has 3 rings (SSSR count). The van der Waals surface area contributed by atoms with Crippen molar-refractivity contribution in [1.82, 2.24) is 61.9 Å². The zero-order chi connectivity index (χ0) is 106. The first kappa shape index (κ1) is 130. The van der Waals surface area contributed by atoms with Crippen molar-refractivity contribution in [2.45, 2.75) is 487 Å². The first-order valence-corrected chi connectivity index (χ1v) is 50.7. The number of hydrogen-bond acceptors (Lipinski definition) is 27. The van der Waals surface area contributed by atoms with Crippen LogP contribution in [0.5, 0.6) is 0 Å². The fourth-order valence-corrected chi connectivity index (χ4v) is 15.2. The van der Waals surface area contributed by atoms with Gasteiger partial charge in [0.1, 0.15) is 63.4 Å². The predicted octanol–water partition coefficient (Wildman–Crippen LogP) is 19.5. The molecule has 0 fully saturated rings. The van der Waals surface area contributed by atoms with E-state index in [0.717, 1.165) is 161 Å². The van der Waals surface area contributed by atoms with Gasteiger partial charge in [0, 0.05) is 130 Å². The van der Waals surface area contributed by atoms with Gasteiger partial charge in [0.15, 0.2) is 11.6 Å². The van der Waals surface area contributed by atoms with Crippen molar-refractivity contribution in [3.63, 3.8) is 0 Å². The third-order valence-corrected chi connectivity index (χ3v) is 22.8. The maximum absolute atomic E-state index is 13.3. The number of benzene rings is 1. The van der Waals surface area contributed by atoms with Crippen molar-refractivity contribution in [3.05, 3.63) is 63.6 Å². The van der Waals surface area contributed by atoms with Gasteiger partial charge in [0.25, 0.3) is 0 Å². The van der Waals surface area contributed by atoms with E-state index in [0.29, 0.717) is 145 Å². The van der Waals surface area contributed by atoms with Gasteiger partial charge in [-0.3, -0.25) is 52.5 Å². The normalized spacial score (nSPS) is 12.2. The molecular weight excluding hydrogens is 1810 g/mol. The molecule has 0 aliphatic carbocycles. The fraction of sp³-hybridized carbons (Fsp3) is 0.750. The van der Waals surface area contributed by atoms with Crippen molar-refractivity contribution in [3.8, 4) is 0 Å². The Morgan fingerprint density at radius 3 is 0.965 bits per heavy atom. The molecule has 37 nitrogen and oxygen atoms in total. The van der Waals surface area contributed by atoms with Gasteiger partial charge in [-0.1, -0.05) is 155 Å². The Kier molecular flexibility index (Phi) is 67.2. The number of nitrogens with one attached hydrogen (secondary N) is 6. The topological polar surface area (TPSA) is 534 Å². The lowest BCUT2D eigenvalue weighted by atomic mass is 9.80. The number of aryl methyl sites for hydroxylation is 2. The number of hydrogen-bond donors (Lipinski definition) is 6. The zero-order valence-corrected chi connectivity index (χ0v) is 88.1. The molecule has 0 spiro atoms. The standard InChI is InChI=1S/C101H169N15O16.3CO2/c1-96(2,3)64-63-88(98(7,8)9)108-94(128)105-83(92(126)131-100(13,14)15)55-43-45-65-115-72-77(110-113-115)70-103-89(123)59-41-29-25-37-53-81(119)49-33-21-19-31-47-79(117)51-35-23-27-39-56-85(121)74-67-75(69-76(68-74)109-112-102)86(122)57-40-28-24-36-52-80(118)48-32-20-22-34-50-82(120)54-38-26-30-42-60-90(124)104-71-78-73-116(114-111-78)66-46-44-58-87(97(4,5)6)107-95(129)106-84(93(127)132-101(16,17)18)61-62-91(125)130-99(10,11)12;3*2-1-3/h67-69,72-73,83-84,87-88H,19-66,70-71H2,1-18H3,(H,103,123)(H,104,124)(H2,105,108,128)(H2,106,107,129);;;/t83-,84-,87-,88-;;;/m0.../s1. The molecule has 0 saturated carbocycles. The van der Waals surface area contributed by atoms with E-state index >= 15 is 0 Å². The van der Waals surface area contributed by atoms with Crippen molar-refractivity contribution in [2.75, 3.05) is 0 Å². The minimum absolute atomic E-state index is 0.0181. The number of Topliss-reactive ketones (excluding diaryl/α,β-unsaturated/α-hetero) is 6. The van der Waals surface area contributed by atoms with Gasteiger partial charge in [0.2, 0.25) is 11.8 Å². The second-order valence-electron chi connectivity index (χ2n) is 42.7. The van der Waals surface area contributed by atoms with Crippen LogP contribution in [0.4, 0.5) is 15.3 Å². The Morgan fingerprint density at radius 2 is 0.660 bits per heavy atom. The molecule has 0 saturated heterocycles. The van der Waals surface area contributed by atoms with E-state index in [-0.39, 0.29) is 138 Å². The summed E-state index contributed by atoms with van der Waals surface area (Å²) in [5, 5.41) is 38.2. The summed E-state index contributed by atoms with van der Waals surface area (Å²) in [4.78, 5) is 220. The van der Waals surface area contributed by atoms with Crippen molar-refractivity contribution >= 4 is 101 Å². The number of azide groups is 1. The highest BCUT2D eigenvalue weighted by atomic mass is 16.6. The average molecular weight is 1980 g/mol. The predicted molar refractivity (Wildman–Crippen MR) is 529 cm³/mol. The summed E-state index contributed by atoms with van der Waals surface area (Å²) in [7, 11) is 0. The van der Waals surface area contributed by atoms with E-state index in [9.17, 15) is 67.9 Å². The number of aromatic nitrogens is 6. The van der Waals surface area contributed by atoms with Crippen LogP contribution in [0.2, 0.25) is 0 Å². The summed E-state index contributed by atoms with van der Waals surface area (Å²) < 4.78 is 20.1. The van der Waals surface area contributed by atoms with Crippen LogP contribution >= 0.6 is 0 Å². The van der Waals surface area contributed by atoms with Crippen LogP contribution in [0.15, 0.2) is 35.7 Å². The third kappa shape index (κ3) is 71.9. The Bertz CT molecular complexity index is 4370. The molecule has 2 aromatic heterocycles.